The first-order chi connectivity index (χ1) is 14.1. The molecule has 29 heavy (non-hydrogen) atoms. The lowest BCUT2D eigenvalue weighted by Gasteiger charge is -2.35. The van der Waals surface area contributed by atoms with Crippen LogP contribution >= 0.6 is 0 Å². The molecular weight excluding hydrogens is 362 g/mol. The molecular formula is C24H31N3O2. The van der Waals surface area contributed by atoms with Crippen molar-refractivity contribution >= 4 is 11.8 Å². The average Bonchev–Trinajstić information content (AvgIpc) is 2.76. The fraction of sp³-hybridized carbons (Fsp3) is 0.417. The molecule has 2 aromatic carbocycles. The summed E-state index contributed by atoms with van der Waals surface area (Å²) in [5.74, 6) is 0.334. The van der Waals surface area contributed by atoms with Crippen molar-refractivity contribution in [3.8, 4) is 11.1 Å². The van der Waals surface area contributed by atoms with Crippen molar-refractivity contribution in [3.05, 3.63) is 60.2 Å². The number of nitrogens with zero attached hydrogens (tertiary/aromatic N) is 3. The number of hydrogen-bond acceptors (Lipinski definition) is 3. The van der Waals surface area contributed by atoms with Gasteiger partial charge in [0.1, 0.15) is 0 Å². The molecule has 0 atom stereocenters. The van der Waals surface area contributed by atoms with Gasteiger partial charge >= 0.3 is 0 Å². The van der Waals surface area contributed by atoms with Crippen molar-refractivity contribution in [2.75, 3.05) is 45.8 Å². The van der Waals surface area contributed by atoms with E-state index in [2.05, 4.69) is 29.2 Å². The van der Waals surface area contributed by atoms with E-state index in [4.69, 9.17) is 0 Å². The van der Waals surface area contributed by atoms with Crippen LogP contribution in [0.4, 0.5) is 0 Å². The van der Waals surface area contributed by atoms with Crippen molar-refractivity contribution < 1.29 is 9.59 Å². The van der Waals surface area contributed by atoms with Gasteiger partial charge in [-0.2, -0.15) is 0 Å². The van der Waals surface area contributed by atoms with E-state index >= 15 is 0 Å². The zero-order valence-electron chi connectivity index (χ0n) is 17.5. The van der Waals surface area contributed by atoms with Gasteiger partial charge in [0.15, 0.2) is 0 Å². The molecule has 5 nitrogen and oxygen atoms in total. The van der Waals surface area contributed by atoms with Crippen LogP contribution < -0.4 is 0 Å². The van der Waals surface area contributed by atoms with Crippen LogP contribution in [0.25, 0.3) is 11.1 Å². The summed E-state index contributed by atoms with van der Waals surface area (Å²) in [5.41, 5.74) is 3.38. The number of carbonyl (C=O) groups excluding carboxylic acids is 2. The highest BCUT2D eigenvalue weighted by molar-refractivity contribution is 5.80. The molecule has 0 bridgehead atoms. The maximum atomic E-state index is 12.7. The Kier molecular flexibility index (Phi) is 7.42. The predicted molar refractivity (Wildman–Crippen MR) is 117 cm³/mol. The van der Waals surface area contributed by atoms with Gasteiger partial charge in [-0.05, 0) is 30.5 Å². The van der Waals surface area contributed by atoms with E-state index in [1.807, 2.05) is 54.0 Å². The minimum atomic E-state index is 0.159. The predicted octanol–water partition coefficient (Wildman–Crippen LogP) is 2.91. The highest BCUT2D eigenvalue weighted by Crippen LogP contribution is 2.19. The second kappa shape index (κ2) is 10.2. The summed E-state index contributed by atoms with van der Waals surface area (Å²) in [5, 5.41) is 0. The molecule has 3 rings (SSSR count). The Balaban J connectivity index is 1.48. The van der Waals surface area contributed by atoms with E-state index in [0.29, 0.717) is 26.1 Å². The van der Waals surface area contributed by atoms with Gasteiger partial charge < -0.3 is 9.80 Å². The van der Waals surface area contributed by atoms with Gasteiger partial charge in [0.05, 0.1) is 13.0 Å². The monoisotopic (exact) mass is 393 g/mol. The van der Waals surface area contributed by atoms with Crippen molar-refractivity contribution in [3.63, 3.8) is 0 Å². The van der Waals surface area contributed by atoms with Crippen LogP contribution in [0.1, 0.15) is 19.4 Å². The SMILES string of the molecule is CCN(CC)C(=O)CN1CCN(C(=O)Cc2ccc(-c3ccccc3)cc2)CC1. The minimum Gasteiger partial charge on any atom is -0.342 e. The van der Waals surface area contributed by atoms with Gasteiger partial charge in [-0.25, -0.2) is 0 Å². The van der Waals surface area contributed by atoms with Crippen LogP contribution in [-0.4, -0.2) is 72.3 Å². The van der Waals surface area contributed by atoms with Crippen LogP contribution in [0, 0.1) is 0 Å². The molecule has 2 amide bonds. The molecule has 1 heterocycles. The molecule has 2 aromatic rings. The molecule has 0 aromatic heterocycles. The standard InChI is InChI=1S/C24H31N3O2/c1-3-26(4-2)24(29)19-25-14-16-27(17-15-25)23(28)18-20-10-12-22(13-11-20)21-8-6-5-7-9-21/h5-13H,3-4,14-19H2,1-2H3. The lowest BCUT2D eigenvalue weighted by atomic mass is 10.0. The van der Waals surface area contributed by atoms with Crippen LogP contribution in [0.5, 0.6) is 0 Å². The Morgan fingerprint density at radius 3 is 2.00 bits per heavy atom. The largest absolute Gasteiger partial charge is 0.342 e. The Labute approximate surface area is 173 Å². The van der Waals surface area contributed by atoms with Crippen molar-refractivity contribution in [1.82, 2.24) is 14.7 Å². The van der Waals surface area contributed by atoms with Crippen molar-refractivity contribution in [1.29, 1.82) is 0 Å². The van der Waals surface area contributed by atoms with E-state index in [0.717, 1.165) is 37.3 Å². The summed E-state index contributed by atoms with van der Waals surface area (Å²) in [6.45, 7) is 8.84. The fourth-order valence-corrected chi connectivity index (χ4v) is 3.76. The molecule has 1 fully saturated rings. The first kappa shape index (κ1) is 21.1. The van der Waals surface area contributed by atoms with Crippen molar-refractivity contribution in [2.45, 2.75) is 20.3 Å². The minimum absolute atomic E-state index is 0.159. The Bertz CT molecular complexity index is 793. The summed E-state index contributed by atoms with van der Waals surface area (Å²) >= 11 is 0. The second-order valence-corrected chi connectivity index (χ2v) is 7.46. The fourth-order valence-electron chi connectivity index (χ4n) is 3.76. The van der Waals surface area contributed by atoms with Crippen LogP contribution in [0.2, 0.25) is 0 Å². The molecule has 1 saturated heterocycles. The first-order valence-electron chi connectivity index (χ1n) is 10.5. The first-order valence-corrected chi connectivity index (χ1v) is 10.5. The molecule has 0 saturated carbocycles. The number of hydrogen-bond donors (Lipinski definition) is 0. The van der Waals surface area contributed by atoms with Crippen LogP contribution in [-0.2, 0) is 16.0 Å². The average molecular weight is 394 g/mol. The van der Waals surface area contributed by atoms with Crippen LogP contribution in [0.15, 0.2) is 54.6 Å². The summed E-state index contributed by atoms with van der Waals surface area (Å²) < 4.78 is 0. The summed E-state index contributed by atoms with van der Waals surface area (Å²) in [4.78, 5) is 30.9. The Morgan fingerprint density at radius 1 is 0.828 bits per heavy atom. The third-order valence-electron chi connectivity index (χ3n) is 5.62. The number of piperazine rings is 1. The second-order valence-electron chi connectivity index (χ2n) is 7.46. The number of carbonyl (C=O) groups is 2. The molecule has 0 spiro atoms. The van der Waals surface area contributed by atoms with Gasteiger partial charge in [0.2, 0.25) is 11.8 Å². The van der Waals surface area contributed by atoms with Gasteiger partial charge in [0, 0.05) is 39.3 Å². The zero-order valence-corrected chi connectivity index (χ0v) is 17.5. The molecule has 5 heteroatoms. The van der Waals surface area contributed by atoms with Gasteiger partial charge in [-0.1, -0.05) is 54.6 Å². The zero-order chi connectivity index (χ0) is 20.6. The van der Waals surface area contributed by atoms with Gasteiger partial charge in [0.25, 0.3) is 0 Å². The molecule has 1 aliphatic rings. The van der Waals surface area contributed by atoms with E-state index in [-0.39, 0.29) is 11.8 Å². The molecule has 0 N–H and O–H groups in total. The Morgan fingerprint density at radius 2 is 1.41 bits per heavy atom. The molecule has 0 unspecified atom stereocenters. The van der Waals surface area contributed by atoms with Gasteiger partial charge in [-0.3, -0.25) is 14.5 Å². The highest BCUT2D eigenvalue weighted by atomic mass is 16.2. The third-order valence-corrected chi connectivity index (χ3v) is 5.62. The lowest BCUT2D eigenvalue weighted by molar-refractivity contribution is -0.134. The number of benzene rings is 2. The normalized spacial score (nSPS) is 14.6. The summed E-state index contributed by atoms with van der Waals surface area (Å²) in [6, 6.07) is 18.5. The van der Waals surface area contributed by atoms with Crippen molar-refractivity contribution in [2.24, 2.45) is 0 Å². The number of likely N-dealkylation sites (N-methyl/N-ethyl adjacent to an activating group) is 1. The maximum Gasteiger partial charge on any atom is 0.236 e. The highest BCUT2D eigenvalue weighted by Gasteiger charge is 2.23. The molecule has 0 radical (unpaired) electrons. The van der Waals surface area contributed by atoms with E-state index in [1.54, 1.807) is 0 Å². The number of amides is 2. The molecule has 154 valence electrons. The number of rotatable bonds is 7. The van der Waals surface area contributed by atoms with E-state index in [9.17, 15) is 9.59 Å². The molecule has 1 aliphatic heterocycles. The quantitative estimate of drug-likeness (QED) is 0.727. The van der Waals surface area contributed by atoms with Gasteiger partial charge in [-0.15, -0.1) is 0 Å². The van der Waals surface area contributed by atoms with E-state index < -0.39 is 0 Å². The Hall–Kier alpha value is -2.66. The maximum absolute atomic E-state index is 12.7. The molecule has 0 aliphatic carbocycles. The topological polar surface area (TPSA) is 43.9 Å². The lowest BCUT2D eigenvalue weighted by Crippen LogP contribution is -2.51. The van der Waals surface area contributed by atoms with E-state index in [1.165, 1.54) is 5.56 Å². The van der Waals surface area contributed by atoms with Crippen LogP contribution in [0.3, 0.4) is 0 Å². The smallest absolute Gasteiger partial charge is 0.236 e. The summed E-state index contributed by atoms with van der Waals surface area (Å²) in [6.07, 6.45) is 0.424. The third kappa shape index (κ3) is 5.67. The summed E-state index contributed by atoms with van der Waals surface area (Å²) in [7, 11) is 0.